The lowest BCUT2D eigenvalue weighted by atomic mass is 10.1. The van der Waals surface area contributed by atoms with Crippen LogP contribution in [0.5, 0.6) is 5.75 Å². The number of imidazole rings is 2. The second-order valence-corrected chi connectivity index (χ2v) is 9.78. The highest BCUT2D eigenvalue weighted by Crippen LogP contribution is 2.52. The van der Waals surface area contributed by atoms with Gasteiger partial charge in [0.15, 0.2) is 0 Å². The van der Waals surface area contributed by atoms with Gasteiger partial charge in [-0.25, -0.2) is 9.97 Å². The molecular weight excluding hydrogens is 485 g/mol. The number of piperidine rings is 1. The molecule has 0 radical (unpaired) electrons. The van der Waals surface area contributed by atoms with E-state index in [1.165, 1.54) is 18.2 Å². The Bertz CT molecular complexity index is 1400. The number of ether oxygens (including phenoxy) is 1. The molecule has 2 aromatic heterocycles. The summed E-state index contributed by atoms with van der Waals surface area (Å²) in [5, 5.41) is 0. The number of carbonyl (C=O) groups excluding carboxylic acids is 1. The van der Waals surface area contributed by atoms with Gasteiger partial charge in [-0.05, 0) is 47.6 Å². The van der Waals surface area contributed by atoms with Crippen LogP contribution in [-0.4, -0.2) is 56.3 Å². The molecule has 3 heterocycles. The Morgan fingerprint density at radius 1 is 1.16 bits per heavy atom. The Morgan fingerprint density at radius 2 is 1.95 bits per heavy atom. The van der Waals surface area contributed by atoms with Crippen molar-refractivity contribution in [2.75, 3.05) is 24.5 Å². The zero-order chi connectivity index (χ0) is 25.7. The number of aromatic nitrogens is 4. The Balaban J connectivity index is 1.16. The van der Waals surface area contributed by atoms with E-state index in [0.29, 0.717) is 35.6 Å². The number of alkyl halides is 3. The summed E-state index contributed by atoms with van der Waals surface area (Å²) in [5.74, 6) is 1.46. The molecule has 2 aromatic carbocycles. The molecule has 1 aliphatic carbocycles. The molecule has 37 heavy (non-hydrogen) atoms. The summed E-state index contributed by atoms with van der Waals surface area (Å²) in [5.41, 5.74) is 2.79. The minimum atomic E-state index is -4.78. The Morgan fingerprint density at radius 3 is 2.65 bits per heavy atom. The van der Waals surface area contributed by atoms with Crippen molar-refractivity contribution >= 4 is 22.9 Å². The van der Waals surface area contributed by atoms with E-state index < -0.39 is 6.36 Å². The van der Waals surface area contributed by atoms with Gasteiger partial charge >= 0.3 is 6.36 Å². The van der Waals surface area contributed by atoms with E-state index in [0.717, 1.165) is 30.1 Å². The van der Waals surface area contributed by atoms with Gasteiger partial charge in [0.2, 0.25) is 5.95 Å². The number of fused-ring (bicyclic) bond motifs is 2. The summed E-state index contributed by atoms with van der Waals surface area (Å²) < 4.78 is 43.9. The number of rotatable bonds is 7. The van der Waals surface area contributed by atoms with E-state index in [1.54, 1.807) is 35.1 Å². The van der Waals surface area contributed by atoms with Crippen LogP contribution in [0.25, 0.3) is 11.0 Å². The third-order valence-electron chi connectivity index (χ3n) is 7.20. The van der Waals surface area contributed by atoms with E-state index in [2.05, 4.69) is 19.6 Å². The smallest absolute Gasteiger partial charge is 0.406 e. The average molecular weight is 511 g/mol. The molecule has 2 fully saturated rings. The van der Waals surface area contributed by atoms with Crippen LogP contribution in [0.15, 0.2) is 61.1 Å². The number of aryl methyl sites for hydroxylation is 1. The lowest BCUT2D eigenvalue weighted by molar-refractivity contribution is -0.274. The molecule has 1 amide bonds. The molecule has 1 saturated carbocycles. The van der Waals surface area contributed by atoms with Gasteiger partial charge in [-0.1, -0.05) is 24.3 Å². The van der Waals surface area contributed by atoms with Crippen molar-refractivity contribution in [3.8, 4) is 5.75 Å². The number of hydrogen-bond acceptors (Lipinski definition) is 5. The molecule has 0 bridgehead atoms. The molecule has 1 aliphatic heterocycles. The first-order valence-electron chi connectivity index (χ1n) is 12.0. The average Bonchev–Trinajstić information content (AvgIpc) is 3.31. The first-order valence-corrected chi connectivity index (χ1v) is 12.0. The van der Waals surface area contributed by atoms with Gasteiger partial charge in [-0.2, -0.15) is 0 Å². The monoisotopic (exact) mass is 510 g/mol. The van der Waals surface area contributed by atoms with Gasteiger partial charge in [-0.3, -0.25) is 4.79 Å². The van der Waals surface area contributed by atoms with Crippen molar-refractivity contribution in [2.24, 2.45) is 24.8 Å². The van der Waals surface area contributed by atoms with Gasteiger partial charge in [-0.15, -0.1) is 13.2 Å². The van der Waals surface area contributed by atoms with Crippen LogP contribution in [0.3, 0.4) is 0 Å². The van der Waals surface area contributed by atoms with Crippen molar-refractivity contribution in [1.82, 2.24) is 24.4 Å². The molecule has 1 saturated heterocycles. The topological polar surface area (TPSA) is 79.3 Å². The van der Waals surface area contributed by atoms with E-state index in [4.69, 9.17) is 4.98 Å². The number of para-hydroxylation sites is 2. The summed E-state index contributed by atoms with van der Waals surface area (Å²) >= 11 is 0. The van der Waals surface area contributed by atoms with Crippen molar-refractivity contribution in [2.45, 2.75) is 12.9 Å². The Hall–Kier alpha value is -4.02. The Kier molecular flexibility index (Phi) is 5.58. The molecule has 2 atom stereocenters. The second-order valence-electron chi connectivity index (χ2n) is 9.78. The maximum absolute atomic E-state index is 13.4. The van der Waals surface area contributed by atoms with Crippen LogP contribution in [0.2, 0.25) is 0 Å². The zero-order valence-corrected chi connectivity index (χ0v) is 20.0. The summed E-state index contributed by atoms with van der Waals surface area (Å²) in [6, 6.07) is 13.7. The maximum Gasteiger partial charge on any atom is 0.573 e. The Labute approximate surface area is 210 Å². The molecule has 2 unspecified atom stereocenters. The summed E-state index contributed by atoms with van der Waals surface area (Å²) in [6.45, 7) is 2.35. The summed E-state index contributed by atoms with van der Waals surface area (Å²) in [7, 11) is 1.78. The first-order chi connectivity index (χ1) is 17.7. The minimum absolute atomic E-state index is 0.160. The SMILES string of the molecule is Cn1cnc(C(=O)N(Cc2cccc(OC(F)(F)F)c2)CC2C3CN(c4nc5ccccc5[nH]4)CC23)c1. The van der Waals surface area contributed by atoms with Crippen LogP contribution in [0.1, 0.15) is 16.1 Å². The van der Waals surface area contributed by atoms with Gasteiger partial charge in [0.25, 0.3) is 5.91 Å². The van der Waals surface area contributed by atoms with Gasteiger partial charge in [0, 0.05) is 39.4 Å². The van der Waals surface area contributed by atoms with Crippen molar-refractivity contribution in [1.29, 1.82) is 0 Å². The molecule has 8 nitrogen and oxygen atoms in total. The fourth-order valence-corrected chi connectivity index (χ4v) is 5.40. The number of anilines is 1. The van der Waals surface area contributed by atoms with E-state index in [-0.39, 0.29) is 18.2 Å². The molecule has 6 rings (SSSR count). The number of amides is 1. The van der Waals surface area contributed by atoms with E-state index >= 15 is 0 Å². The van der Waals surface area contributed by atoms with Crippen LogP contribution in [0, 0.1) is 17.8 Å². The van der Waals surface area contributed by atoms with Crippen molar-refractivity contribution < 1.29 is 22.7 Å². The number of nitrogens with one attached hydrogen (secondary N) is 1. The molecule has 1 N–H and O–H groups in total. The van der Waals surface area contributed by atoms with Crippen LogP contribution >= 0.6 is 0 Å². The molecule has 0 spiro atoms. The van der Waals surface area contributed by atoms with Gasteiger partial charge < -0.3 is 24.1 Å². The third kappa shape index (κ3) is 4.85. The predicted octanol–water partition coefficient (Wildman–Crippen LogP) is 4.22. The maximum atomic E-state index is 13.4. The molecule has 4 aromatic rings. The summed E-state index contributed by atoms with van der Waals surface area (Å²) in [4.78, 5) is 29.6. The number of carbonyl (C=O) groups is 1. The van der Waals surface area contributed by atoms with Gasteiger partial charge in [0.1, 0.15) is 11.4 Å². The zero-order valence-electron chi connectivity index (χ0n) is 20.0. The molecular formula is C26H25F3N6O2. The highest BCUT2D eigenvalue weighted by molar-refractivity contribution is 5.92. The van der Waals surface area contributed by atoms with E-state index in [9.17, 15) is 18.0 Å². The fraction of sp³-hybridized carbons (Fsp3) is 0.346. The lowest BCUT2D eigenvalue weighted by Crippen LogP contribution is -2.35. The van der Waals surface area contributed by atoms with Gasteiger partial charge in [0.05, 0.1) is 17.4 Å². The third-order valence-corrected chi connectivity index (χ3v) is 7.20. The number of nitrogens with zero attached hydrogens (tertiary/aromatic N) is 5. The fourth-order valence-electron chi connectivity index (χ4n) is 5.40. The number of benzene rings is 2. The molecule has 192 valence electrons. The van der Waals surface area contributed by atoms with Crippen LogP contribution in [-0.2, 0) is 13.6 Å². The van der Waals surface area contributed by atoms with E-state index in [1.807, 2.05) is 24.3 Å². The largest absolute Gasteiger partial charge is 0.573 e. The lowest BCUT2D eigenvalue weighted by Gasteiger charge is -2.25. The minimum Gasteiger partial charge on any atom is -0.406 e. The standard InChI is InChI=1S/C26H25F3N6O2/c1-33-14-23(30-15-33)24(36)34(10-16-5-4-6-17(9-16)37-26(27,28)29)11-18-19-12-35(13-20(18)19)25-31-21-7-2-3-8-22(21)32-25/h2-9,14-15,18-20H,10-13H2,1H3,(H,31,32). The number of hydrogen-bond donors (Lipinski definition) is 1. The van der Waals surface area contributed by atoms with Crippen LogP contribution in [0.4, 0.5) is 19.1 Å². The predicted molar refractivity (Wildman–Crippen MR) is 130 cm³/mol. The number of halogens is 3. The normalized spacial score (nSPS) is 20.8. The molecule has 11 heteroatoms. The molecule has 2 aliphatic rings. The first kappa shape index (κ1) is 23.4. The second kappa shape index (κ2) is 8.82. The highest BCUT2D eigenvalue weighted by atomic mass is 19.4. The summed E-state index contributed by atoms with van der Waals surface area (Å²) in [6.07, 6.45) is -1.57. The number of H-pyrrole nitrogens is 1. The highest BCUT2D eigenvalue weighted by Gasteiger charge is 2.56. The van der Waals surface area contributed by atoms with Crippen molar-refractivity contribution in [3.05, 3.63) is 72.3 Å². The van der Waals surface area contributed by atoms with Crippen LogP contribution < -0.4 is 9.64 Å². The van der Waals surface area contributed by atoms with Crippen molar-refractivity contribution in [3.63, 3.8) is 0 Å². The quantitative estimate of drug-likeness (QED) is 0.403. The number of aromatic amines is 1.